The third kappa shape index (κ3) is 2.18. The summed E-state index contributed by atoms with van der Waals surface area (Å²) in [4.78, 5) is 18.6. The van der Waals surface area contributed by atoms with Crippen LogP contribution < -0.4 is 10.9 Å². The molecule has 0 bridgehead atoms. The molecule has 1 saturated heterocycles. The van der Waals surface area contributed by atoms with Gasteiger partial charge in [-0.1, -0.05) is 6.07 Å². The molecule has 3 rings (SSSR count). The van der Waals surface area contributed by atoms with Crippen LogP contribution in [0.2, 0.25) is 0 Å². The fraction of sp³-hybridized carbons (Fsp3) is 0.385. The lowest BCUT2D eigenvalue weighted by molar-refractivity contribution is -0.136. The summed E-state index contributed by atoms with van der Waals surface area (Å²) in [5, 5.41) is 3.07. The van der Waals surface area contributed by atoms with Crippen LogP contribution in [0.25, 0.3) is 10.9 Å². The van der Waals surface area contributed by atoms with Gasteiger partial charge in [0.15, 0.2) is 0 Å². The quantitative estimate of drug-likeness (QED) is 0.842. The predicted molar refractivity (Wildman–Crippen MR) is 67.6 cm³/mol. The average Bonchev–Trinajstić information content (AvgIpc) is 2.90. The van der Waals surface area contributed by atoms with Crippen LogP contribution in [0.3, 0.4) is 0 Å². The van der Waals surface area contributed by atoms with Crippen molar-refractivity contribution in [2.75, 3.05) is 13.1 Å². The predicted octanol–water partition coefficient (Wildman–Crippen LogP) is 2.02. The lowest BCUT2D eigenvalue weighted by Gasteiger charge is -2.12. The smallest absolute Gasteiger partial charge is 0.316 e. The van der Waals surface area contributed by atoms with E-state index in [4.69, 9.17) is 0 Å². The number of aromatic nitrogens is 2. The van der Waals surface area contributed by atoms with Crippen molar-refractivity contribution in [2.45, 2.75) is 18.5 Å². The van der Waals surface area contributed by atoms with Gasteiger partial charge in [0.1, 0.15) is 5.82 Å². The summed E-state index contributed by atoms with van der Waals surface area (Å²) in [5.41, 5.74) is -1.66. The molecular formula is C13H12F3N3O. The largest absolute Gasteiger partial charge is 0.418 e. The number of alkyl halides is 3. The molecule has 7 heteroatoms. The van der Waals surface area contributed by atoms with Crippen LogP contribution in [0.5, 0.6) is 0 Å². The van der Waals surface area contributed by atoms with Crippen molar-refractivity contribution in [3.8, 4) is 0 Å². The Morgan fingerprint density at radius 1 is 1.30 bits per heavy atom. The molecule has 0 spiro atoms. The summed E-state index contributed by atoms with van der Waals surface area (Å²) < 4.78 is 39.0. The molecule has 2 heterocycles. The number of para-hydroxylation sites is 1. The summed E-state index contributed by atoms with van der Waals surface area (Å²) in [6.07, 6.45) is -3.77. The number of nitrogens with one attached hydrogen (secondary N) is 2. The van der Waals surface area contributed by atoms with E-state index in [2.05, 4.69) is 15.3 Å². The minimum atomic E-state index is -4.52. The standard InChI is InChI=1S/C13H12F3N3O/c14-13(15,16)9-3-1-2-8-10(9)18-11(19-12(8)20)7-4-5-17-6-7/h1-3,7,17H,4-6H2,(H,18,19,20). The van der Waals surface area contributed by atoms with Gasteiger partial charge in [0, 0.05) is 12.5 Å². The van der Waals surface area contributed by atoms with Crippen molar-refractivity contribution in [3.05, 3.63) is 39.9 Å². The Morgan fingerprint density at radius 3 is 2.75 bits per heavy atom. The Morgan fingerprint density at radius 2 is 2.10 bits per heavy atom. The molecule has 1 aliphatic heterocycles. The van der Waals surface area contributed by atoms with Gasteiger partial charge in [-0.25, -0.2) is 4.98 Å². The van der Waals surface area contributed by atoms with E-state index < -0.39 is 17.3 Å². The van der Waals surface area contributed by atoms with Crippen LogP contribution in [0.15, 0.2) is 23.0 Å². The van der Waals surface area contributed by atoms with Crippen molar-refractivity contribution < 1.29 is 13.2 Å². The Balaban J connectivity index is 2.25. The molecule has 1 fully saturated rings. The lowest BCUT2D eigenvalue weighted by Crippen LogP contribution is -2.18. The highest BCUT2D eigenvalue weighted by molar-refractivity contribution is 5.81. The van der Waals surface area contributed by atoms with Gasteiger partial charge in [-0.05, 0) is 25.1 Å². The summed E-state index contributed by atoms with van der Waals surface area (Å²) in [5.74, 6) is 0.276. The summed E-state index contributed by atoms with van der Waals surface area (Å²) >= 11 is 0. The molecule has 0 saturated carbocycles. The highest BCUT2D eigenvalue weighted by Gasteiger charge is 2.34. The maximum atomic E-state index is 13.0. The van der Waals surface area contributed by atoms with Crippen LogP contribution in [-0.2, 0) is 6.18 Å². The summed E-state index contributed by atoms with van der Waals surface area (Å²) in [6.45, 7) is 1.38. The highest BCUT2D eigenvalue weighted by atomic mass is 19.4. The zero-order chi connectivity index (χ0) is 14.3. The minimum absolute atomic E-state index is 0.0328. The first-order valence-corrected chi connectivity index (χ1v) is 6.27. The highest BCUT2D eigenvalue weighted by Crippen LogP contribution is 2.33. The maximum absolute atomic E-state index is 13.0. The molecule has 106 valence electrons. The summed E-state index contributed by atoms with van der Waals surface area (Å²) in [6, 6.07) is 3.53. The molecule has 0 aliphatic carbocycles. The number of H-pyrrole nitrogens is 1. The number of fused-ring (bicyclic) bond motifs is 1. The SMILES string of the molecule is O=c1[nH]c(C2CCNC2)nc2c(C(F)(F)F)cccc12. The van der Waals surface area contributed by atoms with Gasteiger partial charge >= 0.3 is 6.18 Å². The second kappa shape index (κ2) is 4.59. The van der Waals surface area contributed by atoms with Crippen molar-refractivity contribution in [2.24, 2.45) is 0 Å². The first kappa shape index (κ1) is 13.1. The second-order valence-corrected chi connectivity index (χ2v) is 4.84. The monoisotopic (exact) mass is 283 g/mol. The average molecular weight is 283 g/mol. The van der Waals surface area contributed by atoms with Crippen molar-refractivity contribution in [1.29, 1.82) is 0 Å². The normalized spacial score (nSPS) is 19.6. The molecule has 1 aromatic heterocycles. The van der Waals surface area contributed by atoms with Crippen molar-refractivity contribution in [3.63, 3.8) is 0 Å². The van der Waals surface area contributed by atoms with Crippen LogP contribution in [0.1, 0.15) is 23.7 Å². The molecule has 0 radical (unpaired) electrons. The second-order valence-electron chi connectivity index (χ2n) is 4.84. The van der Waals surface area contributed by atoms with Crippen LogP contribution in [0, 0.1) is 0 Å². The fourth-order valence-corrected chi connectivity index (χ4v) is 2.49. The Hall–Kier alpha value is -1.89. The van der Waals surface area contributed by atoms with Gasteiger partial charge in [-0.3, -0.25) is 4.79 Å². The number of nitrogens with zero attached hydrogens (tertiary/aromatic N) is 1. The Bertz CT molecular complexity index is 702. The number of halogens is 3. The number of aromatic amines is 1. The lowest BCUT2D eigenvalue weighted by atomic mass is 10.1. The van der Waals surface area contributed by atoms with Gasteiger partial charge < -0.3 is 10.3 Å². The molecule has 20 heavy (non-hydrogen) atoms. The third-order valence-corrected chi connectivity index (χ3v) is 3.51. The minimum Gasteiger partial charge on any atom is -0.316 e. The molecule has 2 N–H and O–H groups in total. The van der Waals surface area contributed by atoms with Crippen LogP contribution in [-0.4, -0.2) is 23.1 Å². The molecule has 1 unspecified atom stereocenters. The Kier molecular flexibility index (Phi) is 3.01. The third-order valence-electron chi connectivity index (χ3n) is 3.51. The molecular weight excluding hydrogens is 271 g/mol. The fourth-order valence-electron chi connectivity index (χ4n) is 2.49. The molecule has 1 atom stereocenters. The first-order chi connectivity index (χ1) is 9.47. The van der Waals surface area contributed by atoms with Crippen LogP contribution in [0.4, 0.5) is 13.2 Å². The van der Waals surface area contributed by atoms with Gasteiger partial charge in [-0.2, -0.15) is 13.2 Å². The van der Waals surface area contributed by atoms with Crippen LogP contribution >= 0.6 is 0 Å². The van der Waals surface area contributed by atoms with E-state index in [0.717, 1.165) is 19.0 Å². The number of hydrogen-bond donors (Lipinski definition) is 2. The number of benzene rings is 1. The van der Waals surface area contributed by atoms with Gasteiger partial charge in [0.25, 0.3) is 5.56 Å². The number of rotatable bonds is 1. The Labute approximate surface area is 112 Å². The molecule has 4 nitrogen and oxygen atoms in total. The van der Waals surface area contributed by atoms with E-state index in [1.165, 1.54) is 12.1 Å². The van der Waals surface area contributed by atoms with Crippen molar-refractivity contribution in [1.82, 2.24) is 15.3 Å². The zero-order valence-corrected chi connectivity index (χ0v) is 10.4. The van der Waals surface area contributed by atoms with Gasteiger partial charge in [0.2, 0.25) is 0 Å². The van der Waals surface area contributed by atoms with Gasteiger partial charge in [-0.15, -0.1) is 0 Å². The topological polar surface area (TPSA) is 57.8 Å². The molecule has 2 aromatic rings. The van der Waals surface area contributed by atoms with E-state index in [0.29, 0.717) is 12.4 Å². The van der Waals surface area contributed by atoms with Gasteiger partial charge in [0.05, 0.1) is 16.5 Å². The zero-order valence-electron chi connectivity index (χ0n) is 10.4. The van der Waals surface area contributed by atoms with E-state index in [1.807, 2.05) is 0 Å². The maximum Gasteiger partial charge on any atom is 0.418 e. The van der Waals surface area contributed by atoms with E-state index in [9.17, 15) is 18.0 Å². The summed E-state index contributed by atoms with van der Waals surface area (Å²) in [7, 11) is 0. The van der Waals surface area contributed by atoms with E-state index in [1.54, 1.807) is 0 Å². The molecule has 1 aliphatic rings. The first-order valence-electron chi connectivity index (χ1n) is 6.27. The van der Waals surface area contributed by atoms with Crippen molar-refractivity contribution >= 4 is 10.9 Å². The van der Waals surface area contributed by atoms with E-state index in [-0.39, 0.29) is 16.8 Å². The molecule has 1 aromatic carbocycles. The number of hydrogen-bond acceptors (Lipinski definition) is 3. The van der Waals surface area contributed by atoms with E-state index >= 15 is 0 Å². The molecule has 0 amide bonds.